The lowest BCUT2D eigenvalue weighted by molar-refractivity contribution is -0.160. The van der Waals surface area contributed by atoms with Gasteiger partial charge in [0.1, 0.15) is 17.8 Å². The smallest absolute Gasteiger partial charge is 0.407 e. The molecule has 0 heterocycles. The van der Waals surface area contributed by atoms with Crippen LogP contribution in [0.2, 0.25) is 0 Å². The third-order valence-electron chi connectivity index (χ3n) is 1.93. The van der Waals surface area contributed by atoms with Crippen LogP contribution in [0.15, 0.2) is 0 Å². The first-order valence-corrected chi connectivity index (χ1v) is 7.34. The van der Waals surface area contributed by atoms with Crippen molar-refractivity contribution in [2.75, 3.05) is 33.0 Å². The molecule has 7 nitrogen and oxygen atoms in total. The summed E-state index contributed by atoms with van der Waals surface area (Å²) in [5.41, 5.74) is -1.02. The highest BCUT2D eigenvalue weighted by Gasteiger charge is 2.16. The number of amides is 1. The van der Waals surface area contributed by atoms with Crippen LogP contribution in [0.25, 0.3) is 0 Å². The van der Waals surface area contributed by atoms with E-state index in [0.717, 1.165) is 0 Å². The Morgan fingerprint density at radius 2 is 1.36 bits per heavy atom. The summed E-state index contributed by atoms with van der Waals surface area (Å²) in [7, 11) is 0. The van der Waals surface area contributed by atoms with E-state index in [2.05, 4.69) is 5.32 Å². The van der Waals surface area contributed by atoms with Crippen LogP contribution in [0.4, 0.5) is 4.79 Å². The lowest BCUT2D eigenvalue weighted by atomic mass is 10.2. The van der Waals surface area contributed by atoms with Crippen LogP contribution < -0.4 is 5.32 Å². The molecule has 0 saturated carbocycles. The van der Waals surface area contributed by atoms with E-state index >= 15 is 0 Å². The fraction of sp³-hybridized carbons (Fsp3) is 0.867. The molecular formula is C15H29NO6. The second-order valence-electron chi connectivity index (χ2n) is 6.68. The van der Waals surface area contributed by atoms with Crippen molar-refractivity contribution in [2.45, 2.75) is 52.7 Å². The Labute approximate surface area is 132 Å². The molecule has 0 rings (SSSR count). The number of alkyl carbamates (subject to hydrolysis) is 1. The number of rotatable bonds is 8. The monoisotopic (exact) mass is 319 g/mol. The zero-order valence-corrected chi connectivity index (χ0v) is 14.5. The van der Waals surface area contributed by atoms with Crippen LogP contribution >= 0.6 is 0 Å². The molecule has 22 heavy (non-hydrogen) atoms. The van der Waals surface area contributed by atoms with Gasteiger partial charge in [-0.25, -0.2) is 9.59 Å². The SMILES string of the molecule is CC(C)(C)OC(=O)COCCOCCNC(=O)OC(C)(C)C. The Balaban J connectivity index is 3.45. The highest BCUT2D eigenvalue weighted by Crippen LogP contribution is 2.07. The van der Waals surface area contributed by atoms with Crippen LogP contribution in [0.1, 0.15) is 41.5 Å². The van der Waals surface area contributed by atoms with E-state index < -0.39 is 23.3 Å². The number of carbonyl (C=O) groups excluding carboxylic acids is 2. The molecule has 0 aliphatic heterocycles. The molecule has 0 bridgehead atoms. The van der Waals surface area contributed by atoms with E-state index in [1.807, 2.05) is 0 Å². The van der Waals surface area contributed by atoms with E-state index in [1.54, 1.807) is 41.5 Å². The molecule has 0 atom stereocenters. The molecule has 7 heteroatoms. The van der Waals surface area contributed by atoms with Gasteiger partial charge >= 0.3 is 12.1 Å². The fourth-order valence-electron chi connectivity index (χ4n) is 1.29. The van der Waals surface area contributed by atoms with E-state index in [4.69, 9.17) is 18.9 Å². The first-order chi connectivity index (χ1) is 9.99. The average Bonchev–Trinajstić information content (AvgIpc) is 2.27. The van der Waals surface area contributed by atoms with Gasteiger partial charge in [0.05, 0.1) is 19.8 Å². The fourth-order valence-corrected chi connectivity index (χ4v) is 1.29. The van der Waals surface area contributed by atoms with Gasteiger partial charge in [0, 0.05) is 6.54 Å². The number of carbonyl (C=O) groups is 2. The number of esters is 1. The van der Waals surface area contributed by atoms with Crippen LogP contribution in [-0.4, -0.2) is 56.2 Å². The van der Waals surface area contributed by atoms with Gasteiger partial charge in [-0.3, -0.25) is 0 Å². The van der Waals surface area contributed by atoms with Crippen LogP contribution in [0, 0.1) is 0 Å². The molecule has 0 unspecified atom stereocenters. The summed E-state index contributed by atoms with van der Waals surface area (Å²) in [6.45, 7) is 12.0. The summed E-state index contributed by atoms with van der Waals surface area (Å²) in [5, 5.41) is 2.57. The molecule has 0 aromatic heterocycles. The average molecular weight is 319 g/mol. The molecule has 1 N–H and O–H groups in total. The highest BCUT2D eigenvalue weighted by molar-refractivity contribution is 5.71. The molecule has 0 aromatic rings. The lowest BCUT2D eigenvalue weighted by Gasteiger charge is -2.19. The maximum atomic E-state index is 11.3. The van der Waals surface area contributed by atoms with Gasteiger partial charge in [-0.1, -0.05) is 0 Å². The van der Waals surface area contributed by atoms with Crippen molar-refractivity contribution in [3.05, 3.63) is 0 Å². The molecule has 0 radical (unpaired) electrons. The van der Waals surface area contributed by atoms with Crippen LogP contribution in [-0.2, 0) is 23.7 Å². The minimum Gasteiger partial charge on any atom is -0.458 e. The zero-order valence-electron chi connectivity index (χ0n) is 14.5. The van der Waals surface area contributed by atoms with Crippen LogP contribution in [0.3, 0.4) is 0 Å². The van der Waals surface area contributed by atoms with E-state index in [1.165, 1.54) is 0 Å². The van der Waals surface area contributed by atoms with E-state index in [0.29, 0.717) is 19.8 Å². The maximum absolute atomic E-state index is 11.3. The normalized spacial score (nSPS) is 11.9. The van der Waals surface area contributed by atoms with Gasteiger partial charge in [0.15, 0.2) is 0 Å². The van der Waals surface area contributed by atoms with Crippen LogP contribution in [0.5, 0.6) is 0 Å². The highest BCUT2D eigenvalue weighted by atomic mass is 16.6. The summed E-state index contributed by atoms with van der Waals surface area (Å²) >= 11 is 0. The van der Waals surface area contributed by atoms with E-state index in [-0.39, 0.29) is 13.2 Å². The second-order valence-corrected chi connectivity index (χ2v) is 6.68. The largest absolute Gasteiger partial charge is 0.458 e. The van der Waals surface area contributed by atoms with Crippen molar-refractivity contribution in [3.8, 4) is 0 Å². The molecule has 0 aliphatic carbocycles. The molecule has 130 valence electrons. The van der Waals surface area contributed by atoms with Crippen molar-refractivity contribution in [2.24, 2.45) is 0 Å². The summed E-state index contributed by atoms with van der Waals surface area (Å²) in [6.07, 6.45) is -0.475. The van der Waals surface area contributed by atoms with Gasteiger partial charge in [-0.15, -0.1) is 0 Å². The molecular weight excluding hydrogens is 290 g/mol. The zero-order chi connectivity index (χ0) is 17.2. The topological polar surface area (TPSA) is 83.1 Å². The second kappa shape index (κ2) is 9.63. The molecule has 1 amide bonds. The Hall–Kier alpha value is -1.34. The van der Waals surface area contributed by atoms with Crippen molar-refractivity contribution >= 4 is 12.1 Å². The third kappa shape index (κ3) is 15.1. The Morgan fingerprint density at radius 3 is 1.91 bits per heavy atom. The van der Waals surface area contributed by atoms with Crippen molar-refractivity contribution in [3.63, 3.8) is 0 Å². The summed E-state index contributed by atoms with van der Waals surface area (Å²) in [6, 6.07) is 0. The van der Waals surface area contributed by atoms with Crippen molar-refractivity contribution in [1.82, 2.24) is 5.32 Å². The number of hydrogen-bond acceptors (Lipinski definition) is 6. The van der Waals surface area contributed by atoms with E-state index in [9.17, 15) is 9.59 Å². The Bertz CT molecular complexity index is 309. The summed E-state index contributed by atoms with van der Waals surface area (Å²) in [5.74, 6) is -0.404. The molecule has 0 fully saturated rings. The minimum atomic E-state index is -0.513. The quantitative estimate of drug-likeness (QED) is 0.543. The lowest BCUT2D eigenvalue weighted by Crippen LogP contribution is -2.34. The van der Waals surface area contributed by atoms with Crippen molar-refractivity contribution < 1.29 is 28.5 Å². The standard InChI is InChI=1S/C15H29NO6/c1-14(2,3)21-12(17)11-20-10-9-19-8-7-16-13(18)22-15(4,5)6/h7-11H2,1-6H3,(H,16,18). The van der Waals surface area contributed by atoms with Gasteiger partial charge in [0.2, 0.25) is 0 Å². The maximum Gasteiger partial charge on any atom is 0.407 e. The Kier molecular flexibility index (Phi) is 9.04. The minimum absolute atomic E-state index is 0.100. The predicted molar refractivity (Wildman–Crippen MR) is 81.7 cm³/mol. The van der Waals surface area contributed by atoms with Gasteiger partial charge in [-0.05, 0) is 41.5 Å². The van der Waals surface area contributed by atoms with Gasteiger partial charge in [0.25, 0.3) is 0 Å². The molecule has 0 saturated heterocycles. The van der Waals surface area contributed by atoms with Gasteiger partial charge < -0.3 is 24.3 Å². The first kappa shape index (κ1) is 20.7. The molecule has 0 aliphatic rings. The Morgan fingerprint density at radius 1 is 0.818 bits per heavy atom. The molecule has 0 aromatic carbocycles. The summed E-state index contributed by atoms with van der Waals surface area (Å²) < 4.78 is 20.5. The predicted octanol–water partition coefficient (Wildman–Crippen LogP) is 1.89. The first-order valence-electron chi connectivity index (χ1n) is 7.34. The molecule has 0 spiro atoms. The van der Waals surface area contributed by atoms with Gasteiger partial charge in [-0.2, -0.15) is 0 Å². The summed E-state index contributed by atoms with van der Waals surface area (Å²) in [4.78, 5) is 22.7. The number of ether oxygens (including phenoxy) is 4. The number of hydrogen-bond donors (Lipinski definition) is 1. The third-order valence-corrected chi connectivity index (χ3v) is 1.93. The number of nitrogens with one attached hydrogen (secondary N) is 1. The van der Waals surface area contributed by atoms with Crippen molar-refractivity contribution in [1.29, 1.82) is 0 Å².